The summed E-state index contributed by atoms with van der Waals surface area (Å²) in [6.45, 7) is 2.69. The number of benzene rings is 1. The van der Waals surface area contributed by atoms with Crippen LogP contribution in [0.2, 0.25) is 0 Å². The maximum Gasteiger partial charge on any atom is 0.327 e. The highest BCUT2D eigenvalue weighted by Gasteiger charge is 2.19. The number of rotatable bonds is 5. The van der Waals surface area contributed by atoms with Crippen LogP contribution in [-0.2, 0) is 9.53 Å². The number of nitrogens with one attached hydrogen (secondary N) is 1. The zero-order valence-corrected chi connectivity index (χ0v) is 10.6. The Morgan fingerprint density at radius 1 is 1.44 bits per heavy atom. The molecule has 0 amide bonds. The number of carbonyl (C=O) groups is 1. The monoisotopic (exact) mass is 239 g/mol. The van der Waals surface area contributed by atoms with Crippen molar-refractivity contribution in [2.45, 2.75) is 17.9 Å². The minimum absolute atomic E-state index is 0.251. The molecule has 0 spiro atoms. The quantitative estimate of drug-likeness (QED) is 0.631. The van der Waals surface area contributed by atoms with E-state index >= 15 is 0 Å². The molecule has 0 heterocycles. The second-order valence-electron chi connectivity index (χ2n) is 3.29. The molecular formula is C12H17NO2S. The third kappa shape index (κ3) is 3.25. The van der Waals surface area contributed by atoms with Crippen LogP contribution >= 0.6 is 11.8 Å². The minimum atomic E-state index is -0.370. The summed E-state index contributed by atoms with van der Waals surface area (Å²) < 4.78 is 4.77. The molecule has 1 aromatic rings. The van der Waals surface area contributed by atoms with Crippen molar-refractivity contribution in [1.29, 1.82) is 0 Å². The van der Waals surface area contributed by atoms with Crippen molar-refractivity contribution in [1.82, 2.24) is 5.32 Å². The molecule has 1 rings (SSSR count). The molecule has 1 atom stereocenters. The van der Waals surface area contributed by atoms with Crippen LogP contribution in [-0.4, -0.2) is 25.9 Å². The molecule has 1 unspecified atom stereocenters. The SMILES string of the molecule is CCNC(C(=O)OC)c1ccc(SC)cc1. The van der Waals surface area contributed by atoms with Gasteiger partial charge in [0, 0.05) is 4.90 Å². The standard InChI is InChI=1S/C12H17NO2S/c1-4-13-11(12(14)15-2)9-5-7-10(16-3)8-6-9/h5-8,11,13H,4H2,1-3H3. The smallest absolute Gasteiger partial charge is 0.327 e. The number of carbonyl (C=O) groups excluding carboxylic acids is 1. The van der Waals surface area contributed by atoms with Crippen LogP contribution in [0.1, 0.15) is 18.5 Å². The molecule has 0 aliphatic rings. The highest BCUT2D eigenvalue weighted by atomic mass is 32.2. The number of ether oxygens (including phenoxy) is 1. The molecule has 0 radical (unpaired) electrons. The first-order valence-electron chi connectivity index (χ1n) is 5.18. The van der Waals surface area contributed by atoms with E-state index in [1.54, 1.807) is 11.8 Å². The van der Waals surface area contributed by atoms with Gasteiger partial charge in [0.15, 0.2) is 0 Å². The third-order valence-electron chi connectivity index (χ3n) is 2.29. The summed E-state index contributed by atoms with van der Waals surface area (Å²) in [5.74, 6) is -0.251. The van der Waals surface area contributed by atoms with Crippen LogP contribution in [0.3, 0.4) is 0 Å². The Balaban J connectivity index is 2.87. The van der Waals surface area contributed by atoms with Crippen LogP contribution in [0.15, 0.2) is 29.2 Å². The Hall–Kier alpha value is -1.00. The molecule has 0 aromatic heterocycles. The van der Waals surface area contributed by atoms with Crippen molar-refractivity contribution in [3.8, 4) is 0 Å². The van der Waals surface area contributed by atoms with E-state index in [2.05, 4.69) is 5.32 Å². The van der Waals surface area contributed by atoms with Gasteiger partial charge >= 0.3 is 5.97 Å². The lowest BCUT2D eigenvalue weighted by Gasteiger charge is -2.15. The van der Waals surface area contributed by atoms with Gasteiger partial charge in [0.2, 0.25) is 0 Å². The van der Waals surface area contributed by atoms with E-state index in [0.717, 1.165) is 12.1 Å². The summed E-state index contributed by atoms with van der Waals surface area (Å²) in [4.78, 5) is 12.8. The molecule has 0 saturated heterocycles. The topological polar surface area (TPSA) is 38.3 Å². The van der Waals surface area contributed by atoms with Gasteiger partial charge in [-0.15, -0.1) is 11.8 Å². The second-order valence-corrected chi connectivity index (χ2v) is 4.17. The van der Waals surface area contributed by atoms with Gasteiger partial charge in [0.25, 0.3) is 0 Å². The number of methoxy groups -OCH3 is 1. The molecule has 0 aliphatic carbocycles. The van der Waals surface area contributed by atoms with Crippen molar-refractivity contribution in [2.24, 2.45) is 0 Å². The Kier molecular flexibility index (Phi) is 5.35. The molecule has 0 saturated carbocycles. The van der Waals surface area contributed by atoms with E-state index in [4.69, 9.17) is 4.74 Å². The van der Waals surface area contributed by atoms with Crippen LogP contribution in [0.4, 0.5) is 0 Å². The van der Waals surface area contributed by atoms with Crippen molar-refractivity contribution >= 4 is 17.7 Å². The summed E-state index contributed by atoms with van der Waals surface area (Å²) in [6, 6.07) is 7.55. The zero-order valence-electron chi connectivity index (χ0n) is 9.82. The Bertz CT molecular complexity index is 337. The number of thioether (sulfide) groups is 1. The van der Waals surface area contributed by atoms with Crippen molar-refractivity contribution < 1.29 is 9.53 Å². The fourth-order valence-corrected chi connectivity index (χ4v) is 1.86. The largest absolute Gasteiger partial charge is 0.468 e. The zero-order chi connectivity index (χ0) is 12.0. The van der Waals surface area contributed by atoms with Crippen LogP contribution in [0.25, 0.3) is 0 Å². The minimum Gasteiger partial charge on any atom is -0.468 e. The molecule has 1 aromatic carbocycles. The number of hydrogen-bond acceptors (Lipinski definition) is 4. The number of likely N-dealkylation sites (N-methyl/N-ethyl adjacent to an activating group) is 1. The van der Waals surface area contributed by atoms with Crippen molar-refractivity contribution in [3.05, 3.63) is 29.8 Å². The maximum absolute atomic E-state index is 11.6. The molecule has 88 valence electrons. The molecule has 0 fully saturated rings. The first-order valence-corrected chi connectivity index (χ1v) is 6.40. The van der Waals surface area contributed by atoms with Crippen molar-refractivity contribution in [2.75, 3.05) is 19.9 Å². The number of esters is 1. The second kappa shape index (κ2) is 6.55. The normalized spacial score (nSPS) is 12.2. The Labute approximate surface area is 101 Å². The molecule has 4 heteroatoms. The summed E-state index contributed by atoms with van der Waals surface area (Å²) in [6.07, 6.45) is 2.02. The molecule has 16 heavy (non-hydrogen) atoms. The Morgan fingerprint density at radius 2 is 2.06 bits per heavy atom. The number of hydrogen-bond donors (Lipinski definition) is 1. The fraction of sp³-hybridized carbons (Fsp3) is 0.417. The molecule has 1 N–H and O–H groups in total. The summed E-state index contributed by atoms with van der Waals surface area (Å²) in [7, 11) is 1.41. The van der Waals surface area contributed by atoms with E-state index in [-0.39, 0.29) is 12.0 Å². The van der Waals surface area contributed by atoms with Crippen molar-refractivity contribution in [3.63, 3.8) is 0 Å². The highest BCUT2D eigenvalue weighted by Crippen LogP contribution is 2.19. The first kappa shape index (κ1) is 13.1. The predicted octanol–water partition coefficient (Wildman–Crippen LogP) is 2.23. The van der Waals surface area contributed by atoms with Gasteiger partial charge in [-0.2, -0.15) is 0 Å². The average Bonchev–Trinajstić information content (AvgIpc) is 2.35. The van der Waals surface area contributed by atoms with Crippen LogP contribution in [0, 0.1) is 0 Å². The van der Waals surface area contributed by atoms with Gasteiger partial charge in [-0.25, -0.2) is 4.79 Å². The lowest BCUT2D eigenvalue weighted by Crippen LogP contribution is -2.29. The van der Waals surface area contributed by atoms with E-state index in [0.29, 0.717) is 0 Å². The van der Waals surface area contributed by atoms with Gasteiger partial charge in [-0.1, -0.05) is 19.1 Å². The lowest BCUT2D eigenvalue weighted by atomic mass is 10.1. The van der Waals surface area contributed by atoms with E-state index in [9.17, 15) is 4.79 Å². The predicted molar refractivity (Wildman–Crippen MR) is 66.7 cm³/mol. The van der Waals surface area contributed by atoms with Crippen LogP contribution in [0.5, 0.6) is 0 Å². The van der Waals surface area contributed by atoms with E-state index in [1.807, 2.05) is 37.4 Å². The molecule has 0 bridgehead atoms. The lowest BCUT2D eigenvalue weighted by molar-refractivity contribution is -0.143. The summed E-state index contributed by atoms with van der Waals surface area (Å²) in [5.41, 5.74) is 0.937. The first-order chi connectivity index (χ1) is 7.72. The third-order valence-corrected chi connectivity index (χ3v) is 3.04. The van der Waals surface area contributed by atoms with E-state index in [1.165, 1.54) is 12.0 Å². The highest BCUT2D eigenvalue weighted by molar-refractivity contribution is 7.98. The van der Waals surface area contributed by atoms with Gasteiger partial charge in [-0.05, 0) is 30.5 Å². The summed E-state index contributed by atoms with van der Waals surface area (Å²) in [5, 5.41) is 3.11. The van der Waals surface area contributed by atoms with Crippen LogP contribution < -0.4 is 5.32 Å². The van der Waals surface area contributed by atoms with Gasteiger partial charge < -0.3 is 10.1 Å². The fourth-order valence-electron chi connectivity index (χ4n) is 1.46. The van der Waals surface area contributed by atoms with Gasteiger partial charge in [-0.3, -0.25) is 0 Å². The van der Waals surface area contributed by atoms with Gasteiger partial charge in [0.1, 0.15) is 6.04 Å². The Morgan fingerprint density at radius 3 is 2.50 bits per heavy atom. The maximum atomic E-state index is 11.6. The van der Waals surface area contributed by atoms with Gasteiger partial charge in [0.05, 0.1) is 7.11 Å². The molecule has 0 aliphatic heterocycles. The van der Waals surface area contributed by atoms with E-state index < -0.39 is 0 Å². The molecule has 3 nitrogen and oxygen atoms in total. The summed E-state index contributed by atoms with van der Waals surface area (Å²) >= 11 is 1.68. The average molecular weight is 239 g/mol. The molecular weight excluding hydrogens is 222 g/mol.